The van der Waals surface area contributed by atoms with Crippen LogP contribution in [0.25, 0.3) is 22.4 Å². The third kappa shape index (κ3) is 3.33. The van der Waals surface area contributed by atoms with Gasteiger partial charge in [-0.15, -0.1) is 5.10 Å². The maximum absolute atomic E-state index is 13.7. The van der Waals surface area contributed by atoms with Crippen LogP contribution in [0.2, 0.25) is 0 Å². The number of benzene rings is 2. The average molecular weight is 420 g/mol. The van der Waals surface area contributed by atoms with E-state index in [1.165, 1.54) is 40.9 Å². The van der Waals surface area contributed by atoms with E-state index in [9.17, 15) is 18.4 Å². The van der Waals surface area contributed by atoms with Crippen LogP contribution in [0.5, 0.6) is 0 Å². The topological polar surface area (TPSA) is 85.7 Å². The van der Waals surface area contributed by atoms with E-state index >= 15 is 0 Å². The monoisotopic (exact) mass is 420 g/mol. The van der Waals surface area contributed by atoms with Gasteiger partial charge in [-0.2, -0.15) is 5.10 Å². The molecule has 0 aliphatic carbocycles. The highest BCUT2D eigenvalue weighted by Gasteiger charge is 2.16. The number of halogens is 2. The molecule has 0 bridgehead atoms. The summed E-state index contributed by atoms with van der Waals surface area (Å²) >= 11 is 0. The van der Waals surface area contributed by atoms with Crippen molar-refractivity contribution in [2.75, 3.05) is 5.32 Å². The molecule has 1 amide bonds. The lowest BCUT2D eigenvalue weighted by Gasteiger charge is -2.05. The molecular weight excluding hydrogens is 406 g/mol. The van der Waals surface area contributed by atoms with Crippen molar-refractivity contribution < 1.29 is 13.6 Å². The molecule has 0 fully saturated rings. The Balaban J connectivity index is 1.50. The summed E-state index contributed by atoms with van der Waals surface area (Å²) in [6.45, 7) is -0.389. The Morgan fingerprint density at radius 2 is 1.77 bits per heavy atom. The zero-order chi connectivity index (χ0) is 21.5. The largest absolute Gasteiger partial charge is 0.350 e. The van der Waals surface area contributed by atoms with Crippen molar-refractivity contribution in [1.29, 1.82) is 0 Å². The summed E-state index contributed by atoms with van der Waals surface area (Å²) in [5.74, 6) is -1.52. The van der Waals surface area contributed by atoms with E-state index in [1.54, 1.807) is 35.0 Å². The van der Waals surface area contributed by atoms with Crippen LogP contribution in [0.15, 0.2) is 71.8 Å². The summed E-state index contributed by atoms with van der Waals surface area (Å²) in [5, 5.41) is 11.1. The molecule has 154 valence electrons. The second-order valence-corrected chi connectivity index (χ2v) is 6.83. The van der Waals surface area contributed by atoms with Gasteiger partial charge in [0.25, 0.3) is 0 Å². The number of carbonyl (C=O) groups excluding carboxylic acids is 1. The van der Waals surface area contributed by atoms with Gasteiger partial charge in [-0.3, -0.25) is 4.79 Å². The second-order valence-electron chi connectivity index (χ2n) is 6.83. The van der Waals surface area contributed by atoms with Crippen LogP contribution in [0.1, 0.15) is 0 Å². The van der Waals surface area contributed by atoms with Crippen molar-refractivity contribution >= 4 is 22.8 Å². The van der Waals surface area contributed by atoms with Crippen molar-refractivity contribution in [2.45, 2.75) is 6.54 Å². The number of nitrogens with zero attached hydrogens (tertiary/aromatic N) is 5. The maximum atomic E-state index is 13.7. The van der Waals surface area contributed by atoms with Crippen LogP contribution >= 0.6 is 0 Å². The van der Waals surface area contributed by atoms with E-state index in [0.717, 1.165) is 4.68 Å². The first-order valence-electron chi connectivity index (χ1n) is 9.27. The van der Waals surface area contributed by atoms with Gasteiger partial charge in [-0.25, -0.2) is 27.2 Å². The van der Waals surface area contributed by atoms with Gasteiger partial charge in [-0.1, -0.05) is 12.1 Å². The Kier molecular flexibility index (Phi) is 4.32. The molecule has 0 saturated carbocycles. The van der Waals surface area contributed by atoms with E-state index in [4.69, 9.17) is 0 Å². The number of anilines is 1. The number of hydrogen-bond acceptors (Lipinski definition) is 4. The lowest BCUT2D eigenvalue weighted by atomic mass is 10.1. The van der Waals surface area contributed by atoms with Crippen molar-refractivity contribution in [2.24, 2.45) is 0 Å². The fourth-order valence-corrected chi connectivity index (χ4v) is 3.29. The molecule has 31 heavy (non-hydrogen) atoms. The summed E-state index contributed by atoms with van der Waals surface area (Å²) < 4.78 is 30.8. The zero-order valence-electron chi connectivity index (χ0n) is 15.9. The van der Waals surface area contributed by atoms with Gasteiger partial charge >= 0.3 is 5.69 Å². The van der Waals surface area contributed by atoms with E-state index in [1.807, 2.05) is 0 Å². The Morgan fingerprint density at radius 3 is 2.55 bits per heavy atom. The van der Waals surface area contributed by atoms with Crippen molar-refractivity contribution in [3.8, 4) is 11.3 Å². The minimum Gasteiger partial charge on any atom is -0.322 e. The molecule has 8 nitrogen and oxygen atoms in total. The molecule has 0 atom stereocenters. The SMILES string of the molecule is O=C(Cn1nc2c3cc(-c4ccc(F)cc4)nn3ccn2c1=O)Nc1ccccc1F. The molecule has 0 unspecified atom stereocenters. The first-order chi connectivity index (χ1) is 15.0. The highest BCUT2D eigenvalue weighted by atomic mass is 19.1. The fourth-order valence-electron chi connectivity index (χ4n) is 3.29. The minimum absolute atomic E-state index is 0.0198. The molecule has 0 aliphatic rings. The van der Waals surface area contributed by atoms with Crippen LogP contribution < -0.4 is 11.0 Å². The summed E-state index contributed by atoms with van der Waals surface area (Å²) in [5.41, 5.74) is 1.61. The molecule has 0 radical (unpaired) electrons. The van der Waals surface area contributed by atoms with Crippen molar-refractivity contribution in [1.82, 2.24) is 23.8 Å². The number of nitrogens with one attached hydrogen (secondary N) is 1. The van der Waals surface area contributed by atoms with E-state index in [0.29, 0.717) is 22.4 Å². The fraction of sp³-hybridized carbons (Fsp3) is 0.0476. The standard InChI is InChI=1S/C21H14F2N6O2/c22-14-7-5-13(6-8-14)17-11-18-20-26-29(21(31)27(20)9-10-28(18)25-17)12-19(30)24-16-4-2-1-3-15(16)23/h1-11H,12H2,(H,24,30). The Labute approximate surface area is 173 Å². The third-order valence-corrected chi connectivity index (χ3v) is 4.77. The quantitative estimate of drug-likeness (QED) is 0.485. The molecule has 3 heterocycles. The molecule has 1 N–H and O–H groups in total. The van der Waals surface area contributed by atoms with Crippen LogP contribution in [0.4, 0.5) is 14.5 Å². The molecule has 5 aromatic rings. The van der Waals surface area contributed by atoms with Gasteiger partial charge in [0.2, 0.25) is 5.91 Å². The lowest BCUT2D eigenvalue weighted by molar-refractivity contribution is -0.117. The number of para-hydroxylation sites is 1. The van der Waals surface area contributed by atoms with Gasteiger partial charge in [0.1, 0.15) is 23.7 Å². The predicted octanol–water partition coefficient (Wildman–Crippen LogP) is 2.73. The predicted molar refractivity (Wildman–Crippen MR) is 109 cm³/mol. The van der Waals surface area contributed by atoms with E-state index < -0.39 is 17.4 Å². The second kappa shape index (κ2) is 7.17. The van der Waals surface area contributed by atoms with E-state index in [2.05, 4.69) is 15.5 Å². The maximum Gasteiger partial charge on any atom is 0.350 e. The number of carbonyl (C=O) groups is 1. The summed E-state index contributed by atoms with van der Waals surface area (Å²) in [7, 11) is 0. The van der Waals surface area contributed by atoms with Gasteiger partial charge in [0.15, 0.2) is 5.65 Å². The number of amides is 1. The summed E-state index contributed by atoms with van der Waals surface area (Å²) in [6, 6.07) is 13.3. The van der Waals surface area contributed by atoms with Crippen LogP contribution in [0.3, 0.4) is 0 Å². The van der Waals surface area contributed by atoms with Gasteiger partial charge in [0, 0.05) is 18.0 Å². The number of hydrogen-bond donors (Lipinski definition) is 1. The third-order valence-electron chi connectivity index (χ3n) is 4.77. The Bertz CT molecular complexity index is 1500. The zero-order valence-corrected chi connectivity index (χ0v) is 15.9. The molecule has 0 aliphatic heterocycles. The molecular formula is C21H14F2N6O2. The Hall–Kier alpha value is -4.34. The first-order valence-corrected chi connectivity index (χ1v) is 9.27. The molecule has 10 heteroatoms. The van der Waals surface area contributed by atoms with Crippen LogP contribution in [-0.2, 0) is 11.3 Å². The summed E-state index contributed by atoms with van der Waals surface area (Å²) in [4.78, 5) is 25.0. The molecule has 2 aromatic carbocycles. The van der Waals surface area contributed by atoms with Gasteiger partial charge < -0.3 is 5.32 Å². The number of fused-ring (bicyclic) bond motifs is 3. The van der Waals surface area contributed by atoms with Crippen molar-refractivity contribution in [3.63, 3.8) is 0 Å². The van der Waals surface area contributed by atoms with Gasteiger partial charge in [0.05, 0.1) is 11.4 Å². The molecule has 5 rings (SSSR count). The van der Waals surface area contributed by atoms with E-state index in [-0.39, 0.29) is 18.0 Å². The first kappa shape index (κ1) is 18.7. The molecule has 0 spiro atoms. The lowest BCUT2D eigenvalue weighted by Crippen LogP contribution is -2.28. The highest BCUT2D eigenvalue weighted by Crippen LogP contribution is 2.21. The average Bonchev–Trinajstić information content (AvgIpc) is 3.32. The van der Waals surface area contributed by atoms with Crippen molar-refractivity contribution in [3.05, 3.63) is 89.1 Å². The number of rotatable bonds is 4. The number of aromatic nitrogens is 5. The molecule has 0 saturated heterocycles. The Morgan fingerprint density at radius 1 is 1.00 bits per heavy atom. The molecule has 3 aromatic heterocycles. The normalized spacial score (nSPS) is 11.3. The van der Waals surface area contributed by atoms with Gasteiger partial charge in [-0.05, 0) is 42.5 Å². The van der Waals surface area contributed by atoms with Crippen LogP contribution in [0, 0.1) is 11.6 Å². The smallest absolute Gasteiger partial charge is 0.322 e. The minimum atomic E-state index is -0.591. The highest BCUT2D eigenvalue weighted by molar-refractivity contribution is 5.90. The summed E-state index contributed by atoms with van der Waals surface area (Å²) in [6.07, 6.45) is 3.08. The van der Waals surface area contributed by atoms with Crippen LogP contribution in [-0.4, -0.2) is 29.7 Å².